The van der Waals surface area contributed by atoms with E-state index in [1.54, 1.807) is 0 Å². The third-order valence-electron chi connectivity index (χ3n) is 3.81. The molecule has 0 fully saturated rings. The monoisotopic (exact) mass is 391 g/mol. The van der Waals surface area contributed by atoms with Gasteiger partial charge in [0.25, 0.3) is 0 Å². The summed E-state index contributed by atoms with van der Waals surface area (Å²) in [5.41, 5.74) is 2.82. The van der Waals surface area contributed by atoms with Crippen molar-refractivity contribution in [3.8, 4) is 0 Å². The molecule has 0 radical (unpaired) electrons. The summed E-state index contributed by atoms with van der Waals surface area (Å²) in [5.74, 6) is -2.22. The van der Waals surface area contributed by atoms with E-state index < -0.39 is 23.6 Å². The fourth-order valence-electron chi connectivity index (χ4n) is 2.25. The van der Waals surface area contributed by atoms with Gasteiger partial charge in [-0.05, 0) is 34.7 Å². The van der Waals surface area contributed by atoms with Crippen LogP contribution in [0.2, 0.25) is 0 Å². The van der Waals surface area contributed by atoms with Crippen molar-refractivity contribution in [1.82, 2.24) is 5.43 Å². The SMILES string of the molecule is CC(C)(C)c1ccc(/C=N/NC(=O)C(=O)Nc2cccc(C(F)(F)F)c2)cc1. The van der Waals surface area contributed by atoms with Gasteiger partial charge in [0.1, 0.15) is 0 Å². The first-order valence-electron chi connectivity index (χ1n) is 8.39. The third kappa shape index (κ3) is 5.94. The van der Waals surface area contributed by atoms with Gasteiger partial charge in [-0.25, -0.2) is 5.43 Å². The van der Waals surface area contributed by atoms with E-state index in [4.69, 9.17) is 0 Å². The minimum atomic E-state index is -4.55. The number of carbonyl (C=O) groups is 2. The fourth-order valence-corrected chi connectivity index (χ4v) is 2.25. The van der Waals surface area contributed by atoms with Gasteiger partial charge in [0.05, 0.1) is 11.8 Å². The summed E-state index contributed by atoms with van der Waals surface area (Å²) in [6.45, 7) is 6.25. The minimum Gasteiger partial charge on any atom is -0.318 e. The van der Waals surface area contributed by atoms with Crippen molar-refractivity contribution in [2.45, 2.75) is 32.4 Å². The molecule has 0 aromatic heterocycles. The van der Waals surface area contributed by atoms with E-state index in [0.717, 1.165) is 23.8 Å². The number of hydrogen-bond acceptors (Lipinski definition) is 3. The highest BCUT2D eigenvalue weighted by molar-refractivity contribution is 6.39. The molecule has 0 unspecified atom stereocenters. The molecule has 0 aliphatic rings. The summed E-state index contributed by atoms with van der Waals surface area (Å²) in [4.78, 5) is 23.5. The summed E-state index contributed by atoms with van der Waals surface area (Å²) in [6.07, 6.45) is -3.18. The van der Waals surface area contributed by atoms with Crippen molar-refractivity contribution in [3.63, 3.8) is 0 Å². The second-order valence-electron chi connectivity index (χ2n) is 7.10. The lowest BCUT2D eigenvalue weighted by atomic mass is 9.87. The van der Waals surface area contributed by atoms with Crippen LogP contribution in [0.5, 0.6) is 0 Å². The average Bonchev–Trinajstić information content (AvgIpc) is 2.61. The lowest BCUT2D eigenvalue weighted by Crippen LogP contribution is -2.32. The molecule has 0 aliphatic heterocycles. The molecule has 0 saturated heterocycles. The molecule has 5 nitrogen and oxygen atoms in total. The molecule has 148 valence electrons. The first-order valence-corrected chi connectivity index (χ1v) is 8.39. The van der Waals surface area contributed by atoms with Crippen molar-refractivity contribution < 1.29 is 22.8 Å². The molecule has 2 rings (SSSR count). The number of carbonyl (C=O) groups excluding carboxylic acids is 2. The van der Waals surface area contributed by atoms with Gasteiger partial charge in [-0.3, -0.25) is 9.59 Å². The molecule has 2 N–H and O–H groups in total. The largest absolute Gasteiger partial charge is 0.416 e. The maximum absolute atomic E-state index is 12.7. The predicted molar refractivity (Wildman–Crippen MR) is 101 cm³/mol. The zero-order valence-corrected chi connectivity index (χ0v) is 15.6. The quantitative estimate of drug-likeness (QED) is 0.470. The first kappa shape index (κ1) is 21.1. The molecule has 0 saturated carbocycles. The number of rotatable bonds is 3. The van der Waals surface area contributed by atoms with Gasteiger partial charge >= 0.3 is 18.0 Å². The van der Waals surface area contributed by atoms with Gasteiger partial charge in [-0.15, -0.1) is 0 Å². The Kier molecular flexibility index (Phi) is 6.23. The van der Waals surface area contributed by atoms with Gasteiger partial charge in [0.15, 0.2) is 0 Å². The van der Waals surface area contributed by atoms with Gasteiger partial charge < -0.3 is 5.32 Å². The van der Waals surface area contributed by atoms with Crippen LogP contribution in [0.3, 0.4) is 0 Å². The number of amides is 2. The molecule has 2 aromatic carbocycles. The van der Waals surface area contributed by atoms with Crippen LogP contribution >= 0.6 is 0 Å². The molecule has 2 amide bonds. The molecule has 0 aliphatic carbocycles. The van der Waals surface area contributed by atoms with E-state index in [1.165, 1.54) is 12.3 Å². The van der Waals surface area contributed by atoms with Gasteiger partial charge in [-0.2, -0.15) is 18.3 Å². The smallest absolute Gasteiger partial charge is 0.318 e. The molecule has 0 bridgehead atoms. The summed E-state index contributed by atoms with van der Waals surface area (Å²) >= 11 is 0. The number of nitrogens with zero attached hydrogens (tertiary/aromatic N) is 1. The topological polar surface area (TPSA) is 70.6 Å². The standard InChI is InChI=1S/C20H20F3N3O2/c1-19(2,3)14-9-7-13(8-10-14)12-24-26-18(28)17(27)25-16-6-4-5-15(11-16)20(21,22)23/h4-12H,1-3H3,(H,25,27)(H,26,28)/b24-12+. The summed E-state index contributed by atoms with van der Waals surface area (Å²) in [7, 11) is 0. The lowest BCUT2D eigenvalue weighted by Gasteiger charge is -2.18. The molecular formula is C20H20F3N3O2. The zero-order chi connectivity index (χ0) is 20.9. The second kappa shape index (κ2) is 8.24. The maximum atomic E-state index is 12.7. The number of benzene rings is 2. The van der Waals surface area contributed by atoms with Crippen molar-refractivity contribution in [3.05, 3.63) is 65.2 Å². The van der Waals surface area contributed by atoms with Crippen molar-refractivity contribution in [2.24, 2.45) is 5.10 Å². The molecular weight excluding hydrogens is 371 g/mol. The highest BCUT2D eigenvalue weighted by Gasteiger charge is 2.30. The van der Waals surface area contributed by atoms with E-state index in [1.807, 2.05) is 29.7 Å². The molecule has 8 heteroatoms. The summed E-state index contributed by atoms with van der Waals surface area (Å²) in [6, 6.07) is 11.5. The highest BCUT2D eigenvalue weighted by Crippen LogP contribution is 2.30. The predicted octanol–water partition coefficient (Wildman–Crippen LogP) is 4.09. The van der Waals surface area contributed by atoms with E-state index >= 15 is 0 Å². The van der Waals surface area contributed by atoms with E-state index in [2.05, 4.69) is 31.2 Å². The molecule has 2 aromatic rings. The number of alkyl halides is 3. The molecule has 0 spiro atoms. The third-order valence-corrected chi connectivity index (χ3v) is 3.81. The van der Waals surface area contributed by atoms with Crippen LogP contribution in [0.4, 0.5) is 18.9 Å². The van der Waals surface area contributed by atoms with Crippen LogP contribution in [-0.2, 0) is 21.2 Å². The van der Waals surface area contributed by atoms with Crippen LogP contribution in [-0.4, -0.2) is 18.0 Å². The van der Waals surface area contributed by atoms with Crippen LogP contribution in [0.1, 0.15) is 37.5 Å². The van der Waals surface area contributed by atoms with Crippen molar-refractivity contribution >= 4 is 23.7 Å². The van der Waals surface area contributed by atoms with Crippen LogP contribution in [0.15, 0.2) is 53.6 Å². The number of halogens is 3. The van der Waals surface area contributed by atoms with Gasteiger partial charge in [0.2, 0.25) is 0 Å². The minimum absolute atomic E-state index is 0.00535. The number of anilines is 1. The van der Waals surface area contributed by atoms with Crippen molar-refractivity contribution in [1.29, 1.82) is 0 Å². The Morgan fingerprint density at radius 1 is 0.929 bits per heavy atom. The Morgan fingerprint density at radius 2 is 1.57 bits per heavy atom. The van der Waals surface area contributed by atoms with E-state index in [-0.39, 0.29) is 11.1 Å². The van der Waals surface area contributed by atoms with Crippen LogP contribution in [0.25, 0.3) is 0 Å². The summed E-state index contributed by atoms with van der Waals surface area (Å²) < 4.78 is 38.0. The Hall–Kier alpha value is -3.16. The van der Waals surface area contributed by atoms with Crippen LogP contribution in [0, 0.1) is 0 Å². The van der Waals surface area contributed by atoms with E-state index in [0.29, 0.717) is 5.56 Å². The number of nitrogens with one attached hydrogen (secondary N) is 2. The maximum Gasteiger partial charge on any atom is 0.416 e. The van der Waals surface area contributed by atoms with E-state index in [9.17, 15) is 22.8 Å². The van der Waals surface area contributed by atoms with Gasteiger partial charge in [-0.1, -0.05) is 51.1 Å². The Balaban J connectivity index is 1.94. The zero-order valence-electron chi connectivity index (χ0n) is 15.6. The lowest BCUT2D eigenvalue weighted by molar-refractivity contribution is -0.137. The number of hydrogen-bond donors (Lipinski definition) is 2. The average molecular weight is 391 g/mol. The normalized spacial score (nSPS) is 12.1. The van der Waals surface area contributed by atoms with Crippen molar-refractivity contribution in [2.75, 3.05) is 5.32 Å². The Labute approximate surface area is 160 Å². The van der Waals surface area contributed by atoms with Gasteiger partial charge in [0, 0.05) is 5.69 Å². The number of hydrazone groups is 1. The molecule has 0 atom stereocenters. The first-order chi connectivity index (χ1) is 13.0. The molecule has 28 heavy (non-hydrogen) atoms. The Morgan fingerprint density at radius 3 is 2.14 bits per heavy atom. The molecule has 0 heterocycles. The Bertz CT molecular complexity index is 883. The summed E-state index contributed by atoms with van der Waals surface area (Å²) in [5, 5.41) is 5.79. The fraction of sp³-hybridized carbons (Fsp3) is 0.250. The highest BCUT2D eigenvalue weighted by atomic mass is 19.4. The van der Waals surface area contributed by atoms with Crippen LogP contribution < -0.4 is 10.7 Å². The second-order valence-corrected chi connectivity index (χ2v) is 7.10.